The van der Waals surface area contributed by atoms with Crippen LogP contribution in [0.25, 0.3) is 0 Å². The van der Waals surface area contributed by atoms with Crippen LogP contribution in [0.1, 0.15) is 56.3 Å². The van der Waals surface area contributed by atoms with Crippen LogP contribution in [-0.4, -0.2) is 42.9 Å². The fourth-order valence-electron chi connectivity index (χ4n) is 3.27. The lowest BCUT2D eigenvalue weighted by Gasteiger charge is -2.35. The van der Waals surface area contributed by atoms with Crippen LogP contribution in [0.4, 0.5) is 0 Å². The molecule has 0 amide bonds. The fourth-order valence-corrected chi connectivity index (χ4v) is 3.27. The van der Waals surface area contributed by atoms with E-state index in [4.69, 9.17) is 4.52 Å². The predicted octanol–water partition coefficient (Wildman–Crippen LogP) is 2.01. The Morgan fingerprint density at radius 2 is 2.27 bits per heavy atom. The fraction of sp³-hybridized carbons (Fsp3) is 0.733. The number of rotatable bonds is 5. The number of hydrogen-bond acceptors (Lipinski definition) is 6. The van der Waals surface area contributed by atoms with Crippen LogP contribution >= 0.6 is 0 Å². The Hall–Kier alpha value is -1.76. The van der Waals surface area contributed by atoms with Crippen molar-refractivity contribution < 1.29 is 4.52 Å². The Morgan fingerprint density at radius 1 is 1.36 bits per heavy atom. The Morgan fingerprint density at radius 3 is 3.05 bits per heavy atom. The third-order valence-corrected chi connectivity index (χ3v) is 4.77. The van der Waals surface area contributed by atoms with Crippen LogP contribution in [0.5, 0.6) is 0 Å². The van der Waals surface area contributed by atoms with Crippen molar-refractivity contribution in [2.45, 2.75) is 51.1 Å². The Bertz CT molecular complexity index is 605. The quantitative estimate of drug-likeness (QED) is 0.841. The van der Waals surface area contributed by atoms with Crippen molar-refractivity contribution in [3.8, 4) is 0 Å². The topological polar surface area (TPSA) is 72.9 Å². The van der Waals surface area contributed by atoms with Crippen LogP contribution in [0.2, 0.25) is 0 Å². The van der Waals surface area contributed by atoms with Gasteiger partial charge in [-0.1, -0.05) is 5.16 Å². The Labute approximate surface area is 129 Å². The first kappa shape index (κ1) is 13.9. The third kappa shape index (κ3) is 2.90. The van der Waals surface area contributed by atoms with Gasteiger partial charge in [0.2, 0.25) is 5.89 Å². The molecule has 2 atom stereocenters. The predicted molar refractivity (Wildman–Crippen MR) is 79.0 cm³/mol. The Kier molecular flexibility index (Phi) is 3.65. The molecule has 7 nitrogen and oxygen atoms in total. The zero-order valence-electron chi connectivity index (χ0n) is 12.9. The molecule has 1 aliphatic heterocycles. The summed E-state index contributed by atoms with van der Waals surface area (Å²) in [6.07, 6.45) is 8.24. The van der Waals surface area contributed by atoms with Gasteiger partial charge in [-0.2, -0.15) is 10.1 Å². The minimum Gasteiger partial charge on any atom is -0.338 e. The summed E-state index contributed by atoms with van der Waals surface area (Å²) in [5.74, 6) is 2.82. The lowest BCUT2D eigenvalue weighted by atomic mass is 9.97. The number of piperidine rings is 1. The summed E-state index contributed by atoms with van der Waals surface area (Å²) in [6, 6.07) is 0.193. The molecule has 3 heterocycles. The summed E-state index contributed by atoms with van der Waals surface area (Å²) in [4.78, 5) is 11.1. The molecule has 0 unspecified atom stereocenters. The monoisotopic (exact) mass is 302 g/mol. The number of hydrogen-bond donors (Lipinski definition) is 0. The molecule has 0 spiro atoms. The van der Waals surface area contributed by atoms with Gasteiger partial charge in [-0.15, -0.1) is 0 Å². The van der Waals surface area contributed by atoms with Crippen molar-refractivity contribution in [3.05, 3.63) is 24.4 Å². The summed E-state index contributed by atoms with van der Waals surface area (Å²) in [5, 5.41) is 8.35. The molecule has 1 saturated heterocycles. The smallest absolute Gasteiger partial charge is 0.243 e. The van der Waals surface area contributed by atoms with Gasteiger partial charge in [-0.3, -0.25) is 9.58 Å². The van der Waals surface area contributed by atoms with E-state index >= 15 is 0 Å². The third-order valence-electron chi connectivity index (χ3n) is 4.77. The van der Waals surface area contributed by atoms with E-state index in [0.29, 0.717) is 11.8 Å². The first-order chi connectivity index (χ1) is 10.8. The zero-order valence-corrected chi connectivity index (χ0v) is 12.9. The molecule has 1 aliphatic carbocycles. The molecule has 2 fully saturated rings. The van der Waals surface area contributed by atoms with Gasteiger partial charge in [0.1, 0.15) is 12.7 Å². The molecular weight excluding hydrogens is 280 g/mol. The first-order valence-electron chi connectivity index (χ1n) is 8.19. The zero-order chi connectivity index (χ0) is 14.9. The normalized spacial score (nSPS) is 24.5. The molecule has 0 aromatic carbocycles. The minimum absolute atomic E-state index is 0.193. The lowest BCUT2D eigenvalue weighted by molar-refractivity contribution is 0.102. The van der Waals surface area contributed by atoms with E-state index in [2.05, 4.69) is 32.0 Å². The molecule has 7 heteroatoms. The van der Waals surface area contributed by atoms with Crippen molar-refractivity contribution in [3.63, 3.8) is 0 Å². The second-order valence-electron chi connectivity index (χ2n) is 6.56. The molecule has 118 valence electrons. The van der Waals surface area contributed by atoms with Crippen molar-refractivity contribution in [2.75, 3.05) is 13.1 Å². The molecule has 2 aliphatic rings. The summed E-state index contributed by atoms with van der Waals surface area (Å²) in [5.41, 5.74) is 0. The molecule has 0 bridgehead atoms. The summed E-state index contributed by atoms with van der Waals surface area (Å²) >= 11 is 0. The highest BCUT2D eigenvalue weighted by atomic mass is 16.5. The van der Waals surface area contributed by atoms with Gasteiger partial charge >= 0.3 is 0 Å². The van der Waals surface area contributed by atoms with Crippen LogP contribution in [0.3, 0.4) is 0 Å². The summed E-state index contributed by atoms with van der Waals surface area (Å²) in [7, 11) is 0. The maximum Gasteiger partial charge on any atom is 0.243 e. The van der Waals surface area contributed by atoms with Crippen molar-refractivity contribution in [1.29, 1.82) is 0 Å². The summed E-state index contributed by atoms with van der Waals surface area (Å²) < 4.78 is 7.42. The molecule has 2 aromatic rings. The highest BCUT2D eigenvalue weighted by Crippen LogP contribution is 2.38. The van der Waals surface area contributed by atoms with Crippen molar-refractivity contribution >= 4 is 0 Å². The minimum atomic E-state index is 0.193. The van der Waals surface area contributed by atoms with Crippen molar-refractivity contribution in [2.24, 2.45) is 5.92 Å². The number of aromatic nitrogens is 5. The molecular formula is C15H22N6O. The van der Waals surface area contributed by atoms with Gasteiger partial charge in [-0.25, -0.2) is 4.98 Å². The molecule has 1 saturated carbocycles. The standard InChI is InChI=1S/C15H22N6O/c1-11(15-18-14(19-22-15)13-4-5-13)20-6-2-3-12(7-20)8-21-10-16-9-17-21/h9-13H,2-8H2,1H3/t11-,12-/m1/s1. The van der Waals surface area contributed by atoms with Gasteiger partial charge in [-0.05, 0) is 45.1 Å². The average molecular weight is 302 g/mol. The van der Waals surface area contributed by atoms with Crippen LogP contribution in [0, 0.1) is 5.92 Å². The average Bonchev–Trinajstić information content (AvgIpc) is 3.06. The molecule has 0 radical (unpaired) electrons. The van der Waals surface area contributed by atoms with Gasteiger partial charge in [0.15, 0.2) is 5.82 Å². The number of likely N-dealkylation sites (tertiary alicyclic amines) is 1. The SMILES string of the molecule is C[C@H](c1nc(C2CC2)no1)N1CCC[C@@H](Cn2cncn2)C1. The first-order valence-corrected chi connectivity index (χ1v) is 8.19. The molecule has 0 N–H and O–H groups in total. The van der Waals surface area contributed by atoms with Crippen molar-refractivity contribution in [1.82, 2.24) is 29.8 Å². The lowest BCUT2D eigenvalue weighted by Crippen LogP contribution is -2.38. The number of nitrogens with zero attached hydrogens (tertiary/aromatic N) is 6. The molecule has 22 heavy (non-hydrogen) atoms. The van der Waals surface area contributed by atoms with Gasteiger partial charge in [0.25, 0.3) is 0 Å². The summed E-state index contributed by atoms with van der Waals surface area (Å²) in [6.45, 7) is 5.24. The van der Waals surface area contributed by atoms with Gasteiger partial charge in [0.05, 0.1) is 6.04 Å². The second-order valence-corrected chi connectivity index (χ2v) is 6.56. The van der Waals surface area contributed by atoms with E-state index in [1.807, 2.05) is 4.68 Å². The highest BCUT2D eigenvalue weighted by Gasteiger charge is 2.32. The van der Waals surface area contributed by atoms with E-state index in [1.54, 1.807) is 12.7 Å². The van der Waals surface area contributed by atoms with Crippen LogP contribution in [-0.2, 0) is 6.54 Å². The Balaban J connectivity index is 1.39. The molecule has 2 aromatic heterocycles. The van der Waals surface area contributed by atoms with Gasteiger partial charge in [0, 0.05) is 19.0 Å². The van der Waals surface area contributed by atoms with Gasteiger partial charge < -0.3 is 4.52 Å². The molecule has 4 rings (SSSR count). The largest absolute Gasteiger partial charge is 0.338 e. The van der Waals surface area contributed by atoms with E-state index in [-0.39, 0.29) is 6.04 Å². The van der Waals surface area contributed by atoms with E-state index < -0.39 is 0 Å². The highest BCUT2D eigenvalue weighted by molar-refractivity contribution is 5.04. The maximum atomic E-state index is 5.49. The maximum absolute atomic E-state index is 5.49. The van der Waals surface area contributed by atoms with E-state index in [1.165, 1.54) is 25.7 Å². The van der Waals surface area contributed by atoms with E-state index in [0.717, 1.165) is 31.3 Å². The second kappa shape index (κ2) is 5.79. The van der Waals surface area contributed by atoms with Crippen LogP contribution < -0.4 is 0 Å². The van der Waals surface area contributed by atoms with E-state index in [9.17, 15) is 0 Å². The van der Waals surface area contributed by atoms with Crippen LogP contribution in [0.15, 0.2) is 17.2 Å².